The molecule has 2 aromatic carbocycles. The molecule has 0 saturated carbocycles. The lowest BCUT2D eigenvalue weighted by Gasteiger charge is -2.13. The third-order valence-corrected chi connectivity index (χ3v) is 6.82. The van der Waals surface area contributed by atoms with Crippen molar-refractivity contribution in [3.05, 3.63) is 48.0 Å². The number of phenols is 1. The van der Waals surface area contributed by atoms with Crippen LogP contribution in [-0.4, -0.2) is 24.5 Å². The molecule has 0 fully saturated rings. The Hall–Kier alpha value is -2.49. The van der Waals surface area contributed by atoms with E-state index in [1.54, 1.807) is 12.3 Å². The fourth-order valence-electron chi connectivity index (χ4n) is 4.32. The zero-order valence-corrected chi connectivity index (χ0v) is 23.9. The van der Waals surface area contributed by atoms with Gasteiger partial charge in [0.2, 0.25) is 0 Å². The van der Waals surface area contributed by atoms with E-state index in [9.17, 15) is 5.11 Å². The third kappa shape index (κ3) is 14.1. The van der Waals surface area contributed by atoms with Crippen LogP contribution in [0.4, 0.5) is 5.69 Å². The zero-order valence-electron chi connectivity index (χ0n) is 23.9. The summed E-state index contributed by atoms with van der Waals surface area (Å²) in [5, 5.41) is 10.4. The molecule has 1 atom stereocenters. The second-order valence-electron chi connectivity index (χ2n) is 10.9. The van der Waals surface area contributed by atoms with Crippen LogP contribution in [0.5, 0.6) is 17.2 Å². The van der Waals surface area contributed by atoms with Gasteiger partial charge in [0.15, 0.2) is 0 Å². The molecule has 2 rings (SSSR count). The smallest absolute Gasteiger partial charge is 0.128 e. The number of aliphatic imine (C=N–C) groups is 1. The normalized spacial score (nSPS) is 12.4. The Morgan fingerprint density at radius 2 is 1.38 bits per heavy atom. The van der Waals surface area contributed by atoms with Crippen LogP contribution in [-0.2, 0) is 0 Å². The predicted octanol–water partition coefficient (Wildman–Crippen LogP) is 9.89. The van der Waals surface area contributed by atoms with E-state index in [1.807, 2.05) is 36.4 Å². The van der Waals surface area contributed by atoms with Gasteiger partial charge in [0.25, 0.3) is 0 Å². The number of benzene rings is 2. The molecule has 1 N–H and O–H groups in total. The summed E-state index contributed by atoms with van der Waals surface area (Å²) >= 11 is 0. The van der Waals surface area contributed by atoms with Gasteiger partial charge in [-0.2, -0.15) is 0 Å². The molecule has 0 aliphatic heterocycles. The molecule has 0 radical (unpaired) electrons. The van der Waals surface area contributed by atoms with Gasteiger partial charge >= 0.3 is 0 Å². The van der Waals surface area contributed by atoms with Crippen LogP contribution in [0.3, 0.4) is 0 Å². The molecule has 37 heavy (non-hydrogen) atoms. The van der Waals surface area contributed by atoms with Crippen LogP contribution in [0, 0.1) is 11.8 Å². The molecule has 0 aliphatic carbocycles. The largest absolute Gasteiger partial charge is 0.507 e. The molecule has 0 aromatic heterocycles. The first kappa shape index (κ1) is 30.7. The molecule has 0 spiro atoms. The zero-order chi connectivity index (χ0) is 26.7. The molecule has 206 valence electrons. The SMILES string of the molecule is CCCCCCCCCCOc1ccc(C=Nc2ccc(OCC[C@@H](C)CCCC(C)C)cc2)c(O)c1. The van der Waals surface area contributed by atoms with Gasteiger partial charge in [-0.05, 0) is 61.1 Å². The molecule has 0 amide bonds. The number of hydrogen-bond acceptors (Lipinski definition) is 4. The van der Waals surface area contributed by atoms with Crippen LogP contribution >= 0.6 is 0 Å². The van der Waals surface area contributed by atoms with E-state index in [1.165, 1.54) is 64.2 Å². The second kappa shape index (κ2) is 18.7. The Bertz CT molecular complexity index is 876. The molecule has 0 aliphatic rings. The lowest BCUT2D eigenvalue weighted by Crippen LogP contribution is -2.04. The highest BCUT2D eigenvalue weighted by Crippen LogP contribution is 2.24. The molecule has 0 saturated heterocycles. The highest BCUT2D eigenvalue weighted by Gasteiger charge is 2.05. The van der Waals surface area contributed by atoms with Gasteiger partial charge < -0.3 is 14.6 Å². The molecule has 0 heterocycles. The lowest BCUT2D eigenvalue weighted by molar-refractivity contribution is 0.276. The minimum Gasteiger partial charge on any atom is -0.507 e. The van der Waals surface area contributed by atoms with E-state index >= 15 is 0 Å². The standard InChI is InChI=1S/C33H51NO3/c1-5-6-7-8-9-10-11-12-23-36-32-19-16-29(33(35)25-32)26-34-30-17-20-31(21-18-30)37-24-22-28(4)15-13-14-27(2)3/h16-21,25-28,35H,5-15,22-24H2,1-4H3/t28-/m0/s1. The Morgan fingerprint density at radius 1 is 0.730 bits per heavy atom. The summed E-state index contributed by atoms with van der Waals surface area (Å²) in [5.74, 6) is 3.23. The van der Waals surface area contributed by atoms with Crippen molar-refractivity contribution in [2.45, 2.75) is 105 Å². The summed E-state index contributed by atoms with van der Waals surface area (Å²) in [5.41, 5.74) is 1.50. The number of unbranched alkanes of at least 4 members (excludes halogenated alkanes) is 7. The van der Waals surface area contributed by atoms with Gasteiger partial charge in [0.1, 0.15) is 17.2 Å². The van der Waals surface area contributed by atoms with Gasteiger partial charge in [-0.15, -0.1) is 0 Å². The molecule has 0 bridgehead atoms. The maximum absolute atomic E-state index is 10.4. The van der Waals surface area contributed by atoms with Crippen molar-refractivity contribution < 1.29 is 14.6 Å². The molecule has 0 unspecified atom stereocenters. The number of hydrogen-bond donors (Lipinski definition) is 1. The summed E-state index contributed by atoms with van der Waals surface area (Å²) in [6.07, 6.45) is 16.9. The number of rotatable bonds is 20. The highest BCUT2D eigenvalue weighted by molar-refractivity contribution is 5.85. The fraction of sp³-hybridized carbons (Fsp3) is 0.606. The third-order valence-electron chi connectivity index (χ3n) is 6.82. The van der Waals surface area contributed by atoms with Gasteiger partial charge in [-0.25, -0.2) is 0 Å². The molecular weight excluding hydrogens is 458 g/mol. The van der Waals surface area contributed by atoms with Gasteiger partial charge in [0.05, 0.1) is 18.9 Å². The predicted molar refractivity (Wildman–Crippen MR) is 158 cm³/mol. The Labute approximate surface area is 226 Å². The Kier molecular flexibility index (Phi) is 15.5. The van der Waals surface area contributed by atoms with Crippen molar-refractivity contribution in [3.8, 4) is 17.2 Å². The van der Waals surface area contributed by atoms with Crippen LogP contribution in [0.25, 0.3) is 0 Å². The summed E-state index contributed by atoms with van der Waals surface area (Å²) < 4.78 is 11.7. The van der Waals surface area contributed by atoms with E-state index in [2.05, 4.69) is 32.7 Å². The molecular formula is C33H51NO3. The van der Waals surface area contributed by atoms with Gasteiger partial charge in [-0.3, -0.25) is 4.99 Å². The van der Waals surface area contributed by atoms with E-state index in [4.69, 9.17) is 9.47 Å². The maximum Gasteiger partial charge on any atom is 0.128 e. The van der Waals surface area contributed by atoms with Crippen LogP contribution in [0.2, 0.25) is 0 Å². The van der Waals surface area contributed by atoms with Crippen molar-refractivity contribution in [1.29, 1.82) is 0 Å². The van der Waals surface area contributed by atoms with Crippen LogP contribution in [0.15, 0.2) is 47.5 Å². The summed E-state index contributed by atoms with van der Waals surface area (Å²) in [6, 6.07) is 13.2. The van der Waals surface area contributed by atoms with Crippen molar-refractivity contribution in [2.75, 3.05) is 13.2 Å². The minimum absolute atomic E-state index is 0.180. The fourth-order valence-corrected chi connectivity index (χ4v) is 4.32. The number of phenolic OH excluding ortho intramolecular Hbond substituents is 1. The summed E-state index contributed by atoms with van der Waals surface area (Å²) in [7, 11) is 0. The van der Waals surface area contributed by atoms with Crippen LogP contribution < -0.4 is 9.47 Å². The van der Waals surface area contributed by atoms with Crippen molar-refractivity contribution in [2.24, 2.45) is 16.8 Å². The first-order valence-corrected chi connectivity index (χ1v) is 14.7. The van der Waals surface area contributed by atoms with Crippen molar-refractivity contribution in [1.82, 2.24) is 0 Å². The number of aromatic hydroxyl groups is 1. The Balaban J connectivity index is 1.67. The second-order valence-corrected chi connectivity index (χ2v) is 10.9. The summed E-state index contributed by atoms with van der Waals surface area (Å²) in [6.45, 7) is 10.6. The average molecular weight is 510 g/mol. The average Bonchev–Trinajstić information content (AvgIpc) is 2.88. The Morgan fingerprint density at radius 3 is 2.05 bits per heavy atom. The molecule has 2 aromatic rings. The van der Waals surface area contributed by atoms with E-state index < -0.39 is 0 Å². The number of ether oxygens (including phenoxy) is 2. The monoisotopic (exact) mass is 509 g/mol. The minimum atomic E-state index is 0.180. The van der Waals surface area contributed by atoms with E-state index in [0.717, 1.165) is 36.8 Å². The quantitative estimate of drug-likeness (QED) is 0.143. The van der Waals surface area contributed by atoms with Gasteiger partial charge in [0, 0.05) is 17.8 Å². The lowest BCUT2D eigenvalue weighted by atomic mass is 9.98. The van der Waals surface area contributed by atoms with Gasteiger partial charge in [-0.1, -0.05) is 91.9 Å². The van der Waals surface area contributed by atoms with E-state index in [-0.39, 0.29) is 5.75 Å². The highest BCUT2D eigenvalue weighted by atomic mass is 16.5. The van der Waals surface area contributed by atoms with E-state index in [0.29, 0.717) is 23.8 Å². The summed E-state index contributed by atoms with van der Waals surface area (Å²) in [4.78, 5) is 4.51. The number of nitrogens with zero attached hydrogens (tertiary/aromatic N) is 1. The van der Waals surface area contributed by atoms with Crippen molar-refractivity contribution >= 4 is 11.9 Å². The first-order chi connectivity index (χ1) is 18.0. The molecule has 4 nitrogen and oxygen atoms in total. The van der Waals surface area contributed by atoms with Crippen molar-refractivity contribution in [3.63, 3.8) is 0 Å². The topological polar surface area (TPSA) is 51.0 Å². The van der Waals surface area contributed by atoms with Crippen LogP contribution in [0.1, 0.15) is 110 Å². The first-order valence-electron chi connectivity index (χ1n) is 14.7. The molecule has 4 heteroatoms. The maximum atomic E-state index is 10.4.